The van der Waals surface area contributed by atoms with E-state index in [1.807, 2.05) is 42.5 Å². The van der Waals surface area contributed by atoms with Gasteiger partial charge in [0.1, 0.15) is 0 Å². The molecule has 35 heavy (non-hydrogen) atoms. The minimum Gasteiger partial charge on any atom is -0.309 e. The summed E-state index contributed by atoms with van der Waals surface area (Å²) in [6.45, 7) is 0. The molecule has 0 radical (unpaired) electrons. The lowest BCUT2D eigenvalue weighted by molar-refractivity contribution is -0.115. The van der Waals surface area contributed by atoms with Crippen LogP contribution in [0.4, 0.5) is 5.82 Å². The van der Waals surface area contributed by atoms with Crippen LogP contribution in [0.25, 0.3) is 22.0 Å². The average Bonchev–Trinajstić information content (AvgIpc) is 2.89. The van der Waals surface area contributed by atoms with Crippen molar-refractivity contribution >= 4 is 22.5 Å². The zero-order chi connectivity index (χ0) is 23.6. The second kappa shape index (κ2) is 9.15. The van der Waals surface area contributed by atoms with Gasteiger partial charge in [-0.15, -0.1) is 0 Å². The summed E-state index contributed by atoms with van der Waals surface area (Å²) in [5, 5.41) is 5.39. The molecule has 0 atom stereocenters. The third-order valence-electron chi connectivity index (χ3n) is 6.59. The normalized spacial score (nSPS) is 12.1. The zero-order valence-corrected chi connectivity index (χ0v) is 19.4. The van der Waals surface area contributed by atoms with Crippen LogP contribution in [0.1, 0.15) is 28.1 Å². The molecule has 0 spiro atoms. The number of benzene rings is 4. The van der Waals surface area contributed by atoms with E-state index in [9.17, 15) is 4.79 Å². The monoisotopic (exact) mass is 455 g/mol. The molecule has 5 aromatic rings. The van der Waals surface area contributed by atoms with Crippen molar-refractivity contribution in [2.24, 2.45) is 0 Å². The number of amides is 1. The predicted molar refractivity (Wildman–Crippen MR) is 140 cm³/mol. The SMILES string of the molecule is O=C(Cc1ccc2ccccc2c1)Nc1nc2c(nc1Cc1ccccc1)-c1ccccc1CC2. The molecule has 1 aliphatic carbocycles. The molecule has 0 saturated heterocycles. The fraction of sp³-hybridized carbons (Fsp3) is 0.129. The van der Waals surface area contributed by atoms with Gasteiger partial charge in [0.25, 0.3) is 0 Å². The van der Waals surface area contributed by atoms with Crippen molar-refractivity contribution in [3.63, 3.8) is 0 Å². The predicted octanol–water partition coefficient (Wildman–Crippen LogP) is 6.17. The second-order valence-electron chi connectivity index (χ2n) is 9.04. The van der Waals surface area contributed by atoms with Gasteiger partial charge in [-0.2, -0.15) is 0 Å². The van der Waals surface area contributed by atoms with Gasteiger partial charge in [0, 0.05) is 12.0 Å². The lowest BCUT2D eigenvalue weighted by Crippen LogP contribution is -2.20. The molecule has 170 valence electrons. The number of rotatable bonds is 5. The Morgan fingerprint density at radius 3 is 2.40 bits per heavy atom. The van der Waals surface area contributed by atoms with E-state index in [0.29, 0.717) is 12.2 Å². The van der Waals surface area contributed by atoms with Crippen molar-refractivity contribution in [1.82, 2.24) is 9.97 Å². The van der Waals surface area contributed by atoms with Crippen LogP contribution >= 0.6 is 0 Å². The summed E-state index contributed by atoms with van der Waals surface area (Å²) in [6.07, 6.45) is 2.64. The van der Waals surface area contributed by atoms with Crippen LogP contribution < -0.4 is 5.32 Å². The van der Waals surface area contributed by atoms with Gasteiger partial charge in [-0.05, 0) is 40.3 Å². The van der Waals surface area contributed by atoms with E-state index in [2.05, 4.69) is 59.9 Å². The van der Waals surface area contributed by atoms with Gasteiger partial charge < -0.3 is 5.32 Å². The summed E-state index contributed by atoms with van der Waals surface area (Å²) < 4.78 is 0. The van der Waals surface area contributed by atoms with E-state index in [1.165, 1.54) is 10.9 Å². The van der Waals surface area contributed by atoms with Crippen molar-refractivity contribution in [1.29, 1.82) is 0 Å². The van der Waals surface area contributed by atoms with Gasteiger partial charge in [0.2, 0.25) is 5.91 Å². The fourth-order valence-electron chi connectivity index (χ4n) is 4.84. The Bertz CT molecular complexity index is 1540. The fourth-order valence-corrected chi connectivity index (χ4v) is 4.84. The average molecular weight is 456 g/mol. The number of hydrogen-bond acceptors (Lipinski definition) is 3. The number of hydrogen-bond donors (Lipinski definition) is 1. The highest BCUT2D eigenvalue weighted by molar-refractivity contribution is 5.93. The van der Waals surface area contributed by atoms with Gasteiger partial charge in [-0.3, -0.25) is 4.79 Å². The molecule has 0 saturated carbocycles. The van der Waals surface area contributed by atoms with Crippen molar-refractivity contribution in [2.75, 3.05) is 5.32 Å². The summed E-state index contributed by atoms with van der Waals surface area (Å²) >= 11 is 0. The Morgan fingerprint density at radius 1 is 0.743 bits per heavy atom. The molecule has 0 fully saturated rings. The van der Waals surface area contributed by atoms with E-state index in [4.69, 9.17) is 9.97 Å². The van der Waals surface area contributed by atoms with E-state index < -0.39 is 0 Å². The highest BCUT2D eigenvalue weighted by Gasteiger charge is 2.22. The molecule has 4 heteroatoms. The molecule has 1 heterocycles. The lowest BCUT2D eigenvalue weighted by atomic mass is 9.91. The highest BCUT2D eigenvalue weighted by atomic mass is 16.1. The Kier molecular flexibility index (Phi) is 5.55. The number of carbonyl (C=O) groups is 1. The molecule has 0 unspecified atom stereocenters. The molecule has 4 nitrogen and oxygen atoms in total. The quantitative estimate of drug-likeness (QED) is 0.345. The molecule has 1 amide bonds. The van der Waals surface area contributed by atoms with Gasteiger partial charge in [0.15, 0.2) is 5.82 Å². The molecule has 1 aromatic heterocycles. The molecular formula is C31H25N3O. The van der Waals surface area contributed by atoms with E-state index in [1.54, 1.807) is 0 Å². The van der Waals surface area contributed by atoms with Gasteiger partial charge in [-0.1, -0.05) is 97.1 Å². The minimum atomic E-state index is -0.0833. The Hall–Kier alpha value is -4.31. The molecule has 0 bridgehead atoms. The van der Waals surface area contributed by atoms with E-state index in [0.717, 1.165) is 52.0 Å². The first-order valence-corrected chi connectivity index (χ1v) is 12.0. The first-order chi connectivity index (χ1) is 17.2. The maximum Gasteiger partial charge on any atom is 0.229 e. The third-order valence-corrected chi connectivity index (χ3v) is 6.59. The standard InChI is InChI=1S/C31H25N3O/c35-29(20-22-14-15-23-10-4-5-12-25(23)18-22)34-31-28(19-21-8-2-1-3-9-21)32-30-26-13-7-6-11-24(26)16-17-27(30)33-31/h1-15,18H,16-17,19-20H2,(H,33,34,35). The first-order valence-electron chi connectivity index (χ1n) is 12.0. The summed E-state index contributed by atoms with van der Waals surface area (Å²) in [5.74, 6) is 0.484. The van der Waals surface area contributed by atoms with E-state index >= 15 is 0 Å². The first kappa shape index (κ1) is 21.2. The van der Waals surface area contributed by atoms with E-state index in [-0.39, 0.29) is 12.3 Å². The number of carbonyl (C=O) groups excluding carboxylic acids is 1. The molecule has 1 N–H and O–H groups in total. The Labute approximate surface area is 204 Å². The smallest absolute Gasteiger partial charge is 0.229 e. The lowest BCUT2D eigenvalue weighted by Gasteiger charge is -2.21. The Balaban J connectivity index is 1.33. The van der Waals surface area contributed by atoms with Crippen LogP contribution in [0.3, 0.4) is 0 Å². The minimum absolute atomic E-state index is 0.0833. The largest absolute Gasteiger partial charge is 0.309 e. The van der Waals surface area contributed by atoms with Crippen LogP contribution in [-0.4, -0.2) is 15.9 Å². The molecule has 0 aliphatic heterocycles. The molecule has 4 aromatic carbocycles. The number of nitrogens with one attached hydrogen (secondary N) is 1. The number of aryl methyl sites for hydroxylation is 2. The number of anilines is 1. The summed E-state index contributed by atoms with van der Waals surface area (Å²) in [7, 11) is 0. The summed E-state index contributed by atoms with van der Waals surface area (Å²) in [6, 6.07) is 33.0. The van der Waals surface area contributed by atoms with Crippen molar-refractivity contribution < 1.29 is 4.79 Å². The van der Waals surface area contributed by atoms with Crippen molar-refractivity contribution in [2.45, 2.75) is 25.7 Å². The maximum atomic E-state index is 13.1. The highest BCUT2D eigenvalue weighted by Crippen LogP contribution is 2.33. The van der Waals surface area contributed by atoms with Crippen molar-refractivity contribution in [3.05, 3.63) is 125 Å². The van der Waals surface area contributed by atoms with Crippen LogP contribution in [0.5, 0.6) is 0 Å². The summed E-state index contributed by atoms with van der Waals surface area (Å²) in [5.41, 5.74) is 7.23. The number of fused-ring (bicyclic) bond motifs is 4. The molecular weight excluding hydrogens is 430 g/mol. The topological polar surface area (TPSA) is 54.9 Å². The van der Waals surface area contributed by atoms with Gasteiger partial charge in [0.05, 0.1) is 23.5 Å². The number of aromatic nitrogens is 2. The van der Waals surface area contributed by atoms with Gasteiger partial charge >= 0.3 is 0 Å². The number of nitrogens with zero attached hydrogens (tertiary/aromatic N) is 2. The Morgan fingerprint density at radius 2 is 1.51 bits per heavy atom. The second-order valence-corrected chi connectivity index (χ2v) is 9.04. The summed E-state index contributed by atoms with van der Waals surface area (Å²) in [4.78, 5) is 23.1. The van der Waals surface area contributed by atoms with Crippen LogP contribution in [0, 0.1) is 0 Å². The van der Waals surface area contributed by atoms with Crippen LogP contribution in [-0.2, 0) is 30.5 Å². The van der Waals surface area contributed by atoms with Gasteiger partial charge in [-0.25, -0.2) is 9.97 Å². The van der Waals surface area contributed by atoms with Crippen LogP contribution in [0.2, 0.25) is 0 Å². The zero-order valence-electron chi connectivity index (χ0n) is 19.4. The van der Waals surface area contributed by atoms with Crippen molar-refractivity contribution in [3.8, 4) is 11.3 Å². The molecule has 1 aliphatic rings. The van der Waals surface area contributed by atoms with Crippen LogP contribution in [0.15, 0.2) is 97.1 Å². The maximum absolute atomic E-state index is 13.1. The molecule has 6 rings (SSSR count). The third kappa shape index (κ3) is 4.43.